The molecule has 0 heterocycles. The fourth-order valence-electron chi connectivity index (χ4n) is 2.15. The van der Waals surface area contributed by atoms with Crippen LogP contribution < -0.4 is 9.47 Å². The highest BCUT2D eigenvalue weighted by atomic mass is 19.4. The predicted octanol–water partition coefficient (Wildman–Crippen LogP) is 5.04. The van der Waals surface area contributed by atoms with E-state index in [-0.39, 0.29) is 5.56 Å². The van der Waals surface area contributed by atoms with E-state index in [4.69, 9.17) is 4.74 Å². The molecule has 0 aliphatic rings. The molecule has 2 aromatic carbocycles. The lowest BCUT2D eigenvalue weighted by molar-refractivity contribution is -0.141. The highest BCUT2D eigenvalue weighted by Crippen LogP contribution is 2.39. The molecular weight excluding hydrogens is 389 g/mol. The highest BCUT2D eigenvalue weighted by Gasteiger charge is 2.35. The topological polar surface area (TPSA) is 61.8 Å². The quantitative estimate of drug-likeness (QED) is 0.280. The Bertz CT molecular complexity index is 944. The third-order valence-corrected chi connectivity index (χ3v) is 3.46. The Labute approximate surface area is 164 Å². The van der Waals surface area contributed by atoms with Crippen molar-refractivity contribution in [3.63, 3.8) is 0 Å². The standard InChI is InChI=1S/C21H15F3O5/c1-3-19(25)28-12-11-27-16-8-5-14(6-9-16)15-7-10-18(29-20(26)4-2)17(13-15)21(22,23)24/h3-13H,1-2H2. The van der Waals surface area contributed by atoms with Gasteiger partial charge in [-0.2, -0.15) is 13.2 Å². The highest BCUT2D eigenvalue weighted by molar-refractivity contribution is 5.84. The zero-order chi connectivity index (χ0) is 21.4. The van der Waals surface area contributed by atoms with Gasteiger partial charge in [0.15, 0.2) is 0 Å². The maximum absolute atomic E-state index is 13.3. The first-order valence-electron chi connectivity index (χ1n) is 8.05. The number of hydrogen-bond donors (Lipinski definition) is 0. The summed E-state index contributed by atoms with van der Waals surface area (Å²) in [5, 5.41) is 0. The Balaban J connectivity index is 2.21. The Hall–Kier alpha value is -3.81. The van der Waals surface area contributed by atoms with E-state index < -0.39 is 29.4 Å². The minimum Gasteiger partial charge on any atom is -0.462 e. The van der Waals surface area contributed by atoms with Gasteiger partial charge < -0.3 is 14.2 Å². The first kappa shape index (κ1) is 21.5. The molecule has 0 amide bonds. The second-order valence-corrected chi connectivity index (χ2v) is 5.39. The van der Waals surface area contributed by atoms with Crippen molar-refractivity contribution in [3.05, 3.63) is 85.9 Å². The maximum atomic E-state index is 13.3. The Morgan fingerprint density at radius 1 is 0.862 bits per heavy atom. The van der Waals surface area contributed by atoms with Crippen LogP contribution >= 0.6 is 0 Å². The molecule has 0 radical (unpaired) electrons. The van der Waals surface area contributed by atoms with Crippen LogP contribution in [0.15, 0.2) is 80.3 Å². The van der Waals surface area contributed by atoms with Crippen molar-refractivity contribution in [1.29, 1.82) is 0 Å². The van der Waals surface area contributed by atoms with E-state index in [1.165, 1.54) is 18.2 Å². The van der Waals surface area contributed by atoms with Crippen LogP contribution in [0.4, 0.5) is 13.2 Å². The average Bonchev–Trinajstić information content (AvgIpc) is 2.70. The van der Waals surface area contributed by atoms with Crippen molar-refractivity contribution in [2.24, 2.45) is 0 Å². The number of rotatable bonds is 7. The van der Waals surface area contributed by atoms with Crippen LogP contribution in [0.1, 0.15) is 5.56 Å². The van der Waals surface area contributed by atoms with Crippen LogP contribution in [-0.2, 0) is 20.5 Å². The minimum absolute atomic E-state index is 0.262. The molecule has 29 heavy (non-hydrogen) atoms. The summed E-state index contributed by atoms with van der Waals surface area (Å²) in [7, 11) is 0. The van der Waals surface area contributed by atoms with Crippen LogP contribution in [0.25, 0.3) is 11.1 Å². The lowest BCUT2D eigenvalue weighted by Crippen LogP contribution is -2.12. The van der Waals surface area contributed by atoms with Gasteiger partial charge in [0.1, 0.15) is 24.0 Å². The zero-order valence-electron chi connectivity index (χ0n) is 14.9. The summed E-state index contributed by atoms with van der Waals surface area (Å²) in [6.07, 6.45) is -0.807. The maximum Gasteiger partial charge on any atom is 0.420 e. The molecule has 0 unspecified atom stereocenters. The van der Waals surface area contributed by atoms with E-state index in [0.29, 0.717) is 11.3 Å². The average molecular weight is 404 g/mol. The summed E-state index contributed by atoms with van der Waals surface area (Å²) >= 11 is 0. The number of halogens is 3. The first-order valence-corrected chi connectivity index (χ1v) is 8.05. The van der Waals surface area contributed by atoms with Crippen molar-refractivity contribution in [2.75, 3.05) is 0 Å². The van der Waals surface area contributed by atoms with Crippen LogP contribution in [0.3, 0.4) is 0 Å². The monoisotopic (exact) mass is 404 g/mol. The third kappa shape index (κ3) is 6.10. The molecule has 0 aliphatic heterocycles. The Kier molecular flexibility index (Phi) is 6.97. The fourth-order valence-corrected chi connectivity index (χ4v) is 2.15. The zero-order valence-corrected chi connectivity index (χ0v) is 14.9. The number of ether oxygens (including phenoxy) is 3. The van der Waals surface area contributed by atoms with E-state index in [1.807, 2.05) is 0 Å². The summed E-state index contributed by atoms with van der Waals surface area (Å²) in [5.41, 5.74) is -0.346. The van der Waals surface area contributed by atoms with E-state index >= 15 is 0 Å². The molecule has 8 heteroatoms. The normalized spacial score (nSPS) is 11.0. The van der Waals surface area contributed by atoms with Gasteiger partial charge in [0.2, 0.25) is 0 Å². The van der Waals surface area contributed by atoms with Gasteiger partial charge in [-0.1, -0.05) is 31.4 Å². The van der Waals surface area contributed by atoms with Gasteiger partial charge in [-0.05, 0) is 35.4 Å². The van der Waals surface area contributed by atoms with Crippen LogP contribution in [-0.4, -0.2) is 11.9 Å². The molecule has 2 aromatic rings. The lowest BCUT2D eigenvalue weighted by Gasteiger charge is -2.14. The van der Waals surface area contributed by atoms with Gasteiger partial charge >= 0.3 is 18.1 Å². The Morgan fingerprint density at radius 3 is 2.07 bits per heavy atom. The molecule has 0 bridgehead atoms. The fraction of sp³-hybridized carbons (Fsp3) is 0.0476. The van der Waals surface area contributed by atoms with Crippen LogP contribution in [0.5, 0.6) is 11.5 Å². The molecule has 0 N–H and O–H groups in total. The minimum atomic E-state index is -4.72. The second-order valence-electron chi connectivity index (χ2n) is 5.39. The second kappa shape index (κ2) is 9.41. The van der Waals surface area contributed by atoms with Gasteiger partial charge in [-0.3, -0.25) is 0 Å². The first-order chi connectivity index (χ1) is 13.7. The molecule has 0 saturated carbocycles. The van der Waals surface area contributed by atoms with Crippen LogP contribution in [0.2, 0.25) is 0 Å². The van der Waals surface area contributed by atoms with Gasteiger partial charge in [0.05, 0.1) is 5.56 Å². The van der Waals surface area contributed by atoms with Crippen molar-refractivity contribution in [2.45, 2.75) is 6.18 Å². The molecule has 0 aromatic heterocycles. The van der Waals surface area contributed by atoms with Gasteiger partial charge in [-0.15, -0.1) is 0 Å². The number of esters is 2. The molecule has 0 saturated heterocycles. The summed E-state index contributed by atoms with van der Waals surface area (Å²) in [5.74, 6) is -1.88. The molecule has 0 spiro atoms. The molecule has 0 fully saturated rings. The lowest BCUT2D eigenvalue weighted by atomic mass is 10.0. The number of alkyl halides is 3. The number of benzene rings is 2. The molecular formula is C21H15F3O5. The van der Waals surface area contributed by atoms with Gasteiger partial charge in [0.25, 0.3) is 0 Å². The summed E-state index contributed by atoms with van der Waals surface area (Å²) in [6, 6.07) is 9.48. The molecule has 5 nitrogen and oxygen atoms in total. The number of hydrogen-bond acceptors (Lipinski definition) is 5. The van der Waals surface area contributed by atoms with Gasteiger partial charge in [0, 0.05) is 12.2 Å². The molecule has 0 atom stereocenters. The van der Waals surface area contributed by atoms with E-state index in [1.54, 1.807) is 12.1 Å². The summed E-state index contributed by atoms with van der Waals surface area (Å²) in [6.45, 7) is 6.39. The largest absolute Gasteiger partial charge is 0.462 e. The SMILES string of the molecule is C=CC(=O)OC=COc1ccc(-c2ccc(OC(=O)C=C)c(C(F)(F)F)c2)cc1. The van der Waals surface area contributed by atoms with Crippen molar-refractivity contribution in [1.82, 2.24) is 0 Å². The van der Waals surface area contributed by atoms with Crippen LogP contribution in [0, 0.1) is 0 Å². The molecule has 0 aliphatic carbocycles. The molecule has 2 rings (SSSR count). The molecule has 150 valence electrons. The smallest absolute Gasteiger partial charge is 0.420 e. The Morgan fingerprint density at radius 2 is 1.48 bits per heavy atom. The van der Waals surface area contributed by atoms with E-state index in [9.17, 15) is 22.8 Å². The number of carbonyl (C=O) groups is 2. The third-order valence-electron chi connectivity index (χ3n) is 3.46. The summed E-state index contributed by atoms with van der Waals surface area (Å²) < 4.78 is 54.5. The van der Waals surface area contributed by atoms with Crippen molar-refractivity contribution < 1.29 is 37.0 Å². The summed E-state index contributed by atoms with van der Waals surface area (Å²) in [4.78, 5) is 22.1. The van der Waals surface area contributed by atoms with E-state index in [2.05, 4.69) is 22.6 Å². The number of carbonyl (C=O) groups excluding carboxylic acids is 2. The van der Waals surface area contributed by atoms with Gasteiger partial charge in [-0.25, -0.2) is 9.59 Å². The van der Waals surface area contributed by atoms with Crippen molar-refractivity contribution in [3.8, 4) is 22.6 Å². The predicted molar refractivity (Wildman–Crippen MR) is 98.8 cm³/mol. The van der Waals surface area contributed by atoms with E-state index in [0.717, 1.165) is 36.8 Å². The van der Waals surface area contributed by atoms with Crippen molar-refractivity contribution >= 4 is 11.9 Å².